The Morgan fingerprint density at radius 3 is 1.67 bits per heavy atom. The van der Waals surface area contributed by atoms with Gasteiger partial charge >= 0.3 is 0 Å². The summed E-state index contributed by atoms with van der Waals surface area (Å²) in [5, 5.41) is 12.5. The fraction of sp³-hybridized carbons (Fsp3) is 0. The average molecular weight is 613 g/mol. The molecule has 10 rings (SSSR count). The molecular weight excluding hydrogens is 589 g/mol. The van der Waals surface area contributed by atoms with Gasteiger partial charge in [-0.2, -0.15) is 20.2 Å². The Morgan fingerprint density at radius 2 is 1.00 bits per heavy atom. The van der Waals surface area contributed by atoms with Gasteiger partial charge in [0.2, 0.25) is 17.7 Å². The van der Waals surface area contributed by atoms with E-state index in [1.165, 1.54) is 5.46 Å². The van der Waals surface area contributed by atoms with Gasteiger partial charge in [0.25, 0.3) is 6.71 Å². The van der Waals surface area contributed by atoms with Crippen molar-refractivity contribution in [3.05, 3.63) is 151 Å². The summed E-state index contributed by atoms with van der Waals surface area (Å²) < 4.78 is 2.03. The van der Waals surface area contributed by atoms with Gasteiger partial charge in [0.05, 0.1) is 11.0 Å². The van der Waals surface area contributed by atoms with E-state index in [-0.39, 0.29) is 12.5 Å². The summed E-state index contributed by atoms with van der Waals surface area (Å²) in [5.74, 6) is 0.843. The third-order valence-electron chi connectivity index (χ3n) is 9.51. The quantitative estimate of drug-likeness (QED) is 0.202. The molecule has 7 nitrogen and oxygen atoms in total. The molecule has 0 radical (unpaired) electrons. The third kappa shape index (κ3) is 3.67. The number of nitriles is 1. The van der Waals surface area contributed by atoms with E-state index < -0.39 is 0 Å². The zero-order valence-corrected chi connectivity index (χ0v) is 25.6. The fourth-order valence-electron chi connectivity index (χ4n) is 7.65. The second kappa shape index (κ2) is 10.1. The Balaban J connectivity index is 1.26. The van der Waals surface area contributed by atoms with Gasteiger partial charge in [-0.25, -0.2) is 0 Å². The molecule has 0 unspecified atom stereocenters. The summed E-state index contributed by atoms with van der Waals surface area (Å²) in [6, 6.07) is 52.7. The number of benzene rings is 6. The first-order chi connectivity index (χ1) is 23.8. The van der Waals surface area contributed by atoms with E-state index in [1.807, 2.05) is 41.0 Å². The van der Waals surface area contributed by atoms with Crippen molar-refractivity contribution in [1.29, 1.82) is 5.26 Å². The van der Waals surface area contributed by atoms with E-state index in [1.54, 1.807) is 0 Å². The number of anilines is 6. The molecule has 8 aromatic rings. The first-order valence-electron chi connectivity index (χ1n) is 15.9. The Labute approximate surface area is 276 Å². The van der Waals surface area contributed by atoms with Crippen molar-refractivity contribution < 1.29 is 0 Å². The van der Waals surface area contributed by atoms with Crippen LogP contribution in [0.3, 0.4) is 0 Å². The zero-order valence-electron chi connectivity index (χ0n) is 25.6. The Bertz CT molecular complexity index is 2570. The fourth-order valence-corrected chi connectivity index (χ4v) is 7.65. The van der Waals surface area contributed by atoms with Crippen LogP contribution in [0.25, 0.3) is 27.8 Å². The van der Waals surface area contributed by atoms with Gasteiger partial charge in [0, 0.05) is 39.2 Å². The highest BCUT2D eigenvalue weighted by Crippen LogP contribution is 2.43. The van der Waals surface area contributed by atoms with Crippen molar-refractivity contribution in [3.63, 3.8) is 0 Å². The maximum atomic E-state index is 10.3. The first-order valence-corrected chi connectivity index (χ1v) is 15.9. The van der Waals surface area contributed by atoms with E-state index in [0.717, 1.165) is 61.2 Å². The number of para-hydroxylation sites is 5. The minimum Gasteiger partial charge on any atom is -0.311 e. The molecule has 6 aromatic carbocycles. The molecule has 4 heterocycles. The zero-order chi connectivity index (χ0) is 31.8. The molecule has 8 heteroatoms. The van der Waals surface area contributed by atoms with Gasteiger partial charge in [-0.3, -0.25) is 9.47 Å². The number of fused-ring (bicyclic) bond motifs is 7. The second-order valence-electron chi connectivity index (χ2n) is 12.0. The van der Waals surface area contributed by atoms with Gasteiger partial charge in [0.1, 0.15) is 6.07 Å². The summed E-state index contributed by atoms with van der Waals surface area (Å²) in [6.07, 6.45) is 0. The molecule has 0 aliphatic carbocycles. The molecule has 0 saturated heterocycles. The van der Waals surface area contributed by atoms with Crippen molar-refractivity contribution >= 4 is 79.3 Å². The van der Waals surface area contributed by atoms with Crippen LogP contribution in [-0.4, -0.2) is 26.2 Å². The van der Waals surface area contributed by atoms with E-state index in [4.69, 9.17) is 9.97 Å². The topological polar surface area (TPSA) is 73.9 Å². The number of hydrogen-bond donors (Lipinski definition) is 0. The SMILES string of the molecule is N#Cc1nc(N2c3ccccc3B3c4ccccc4N(c4ccccc4)c4cccc2c43)nc(-n2c3ccccc3c3ccccc32)n1. The van der Waals surface area contributed by atoms with Crippen LogP contribution in [0.1, 0.15) is 5.82 Å². The molecule has 2 aliphatic rings. The highest BCUT2D eigenvalue weighted by molar-refractivity contribution is 7.00. The van der Waals surface area contributed by atoms with Crippen molar-refractivity contribution in [3.8, 4) is 12.0 Å². The van der Waals surface area contributed by atoms with Crippen LogP contribution in [0, 0.1) is 11.3 Å². The Morgan fingerprint density at radius 1 is 0.479 bits per heavy atom. The monoisotopic (exact) mass is 613 g/mol. The van der Waals surface area contributed by atoms with Crippen molar-refractivity contribution in [2.24, 2.45) is 0 Å². The van der Waals surface area contributed by atoms with Crippen LogP contribution in [0.5, 0.6) is 0 Å². The van der Waals surface area contributed by atoms with E-state index >= 15 is 0 Å². The average Bonchev–Trinajstić information content (AvgIpc) is 3.49. The summed E-state index contributed by atoms with van der Waals surface area (Å²) in [7, 11) is 0. The van der Waals surface area contributed by atoms with Gasteiger partial charge in [-0.1, -0.05) is 97.1 Å². The molecule has 0 saturated carbocycles. The maximum Gasteiger partial charge on any atom is 0.252 e. The van der Waals surface area contributed by atoms with E-state index in [0.29, 0.717) is 11.9 Å². The molecule has 0 amide bonds. The van der Waals surface area contributed by atoms with Crippen molar-refractivity contribution in [1.82, 2.24) is 19.5 Å². The van der Waals surface area contributed by atoms with E-state index in [9.17, 15) is 5.26 Å². The van der Waals surface area contributed by atoms with Crippen molar-refractivity contribution in [2.45, 2.75) is 0 Å². The minimum atomic E-state index is -0.00565. The van der Waals surface area contributed by atoms with Gasteiger partial charge in [0.15, 0.2) is 0 Å². The molecular formula is C40H24BN7. The predicted molar refractivity (Wildman–Crippen MR) is 193 cm³/mol. The summed E-state index contributed by atoms with van der Waals surface area (Å²) in [4.78, 5) is 19.1. The standard InChI is InChI=1S/C40H24BN7/c42-25-37-43-39(47-31-19-8-4-15-27(31)28-16-5-9-20-32(28)47)45-40(44-37)48-34-22-11-7-18-30(34)41-29-17-6-10-21-33(29)46(26-13-2-1-3-14-26)35-23-12-24-36(48)38(35)41/h1-24H. The van der Waals surface area contributed by atoms with Crippen LogP contribution in [0.2, 0.25) is 0 Å². The minimum absolute atomic E-state index is 0.00565. The van der Waals surface area contributed by atoms with Crippen LogP contribution in [0.4, 0.5) is 34.4 Å². The third-order valence-corrected chi connectivity index (χ3v) is 9.51. The number of hydrogen-bond acceptors (Lipinski definition) is 6. The lowest BCUT2D eigenvalue weighted by Gasteiger charge is -2.43. The lowest BCUT2D eigenvalue weighted by atomic mass is 9.33. The Hall–Kier alpha value is -6.72. The first kappa shape index (κ1) is 26.5. The van der Waals surface area contributed by atoms with Gasteiger partial charge < -0.3 is 4.90 Å². The molecule has 48 heavy (non-hydrogen) atoms. The van der Waals surface area contributed by atoms with Crippen molar-refractivity contribution in [2.75, 3.05) is 9.80 Å². The maximum absolute atomic E-state index is 10.3. The van der Waals surface area contributed by atoms with Gasteiger partial charge in [-0.15, -0.1) is 0 Å². The molecule has 222 valence electrons. The lowest BCUT2D eigenvalue weighted by Crippen LogP contribution is -2.61. The van der Waals surface area contributed by atoms with Crippen LogP contribution in [-0.2, 0) is 0 Å². The largest absolute Gasteiger partial charge is 0.311 e. The highest BCUT2D eigenvalue weighted by atomic mass is 15.3. The van der Waals surface area contributed by atoms with Crippen LogP contribution in [0.15, 0.2) is 146 Å². The number of nitrogens with zero attached hydrogens (tertiary/aromatic N) is 7. The normalized spacial score (nSPS) is 12.9. The summed E-state index contributed by atoms with van der Waals surface area (Å²) in [6.45, 7) is -0.00565. The van der Waals surface area contributed by atoms with E-state index in [2.05, 4.69) is 130 Å². The van der Waals surface area contributed by atoms with Gasteiger partial charge in [-0.05, 0) is 64.9 Å². The van der Waals surface area contributed by atoms with Crippen LogP contribution >= 0.6 is 0 Å². The lowest BCUT2D eigenvalue weighted by molar-refractivity contribution is 0.912. The Kier molecular flexibility index (Phi) is 5.60. The number of rotatable bonds is 3. The predicted octanol–water partition coefficient (Wildman–Crippen LogP) is 6.92. The second-order valence-corrected chi connectivity index (χ2v) is 12.0. The summed E-state index contributed by atoms with van der Waals surface area (Å²) >= 11 is 0. The molecule has 0 bridgehead atoms. The number of aromatic nitrogens is 4. The smallest absolute Gasteiger partial charge is 0.252 e. The van der Waals surface area contributed by atoms with Crippen LogP contribution < -0.4 is 26.2 Å². The molecule has 0 fully saturated rings. The summed E-state index contributed by atoms with van der Waals surface area (Å²) in [5.41, 5.74) is 10.7. The molecule has 0 spiro atoms. The molecule has 0 atom stereocenters. The molecule has 0 N–H and O–H groups in total. The molecule has 2 aliphatic heterocycles. The highest BCUT2D eigenvalue weighted by Gasteiger charge is 2.43. The molecule has 2 aromatic heterocycles.